The first kappa shape index (κ1) is 15.2. The Morgan fingerprint density at radius 3 is 2.47 bits per heavy atom. The molecule has 19 heavy (non-hydrogen) atoms. The van der Waals surface area contributed by atoms with Crippen LogP contribution in [0.4, 0.5) is 0 Å². The van der Waals surface area contributed by atoms with E-state index in [1.54, 1.807) is 13.8 Å². The highest BCUT2D eigenvalue weighted by Crippen LogP contribution is 2.04. The molecule has 5 nitrogen and oxygen atoms in total. The van der Waals surface area contributed by atoms with Crippen molar-refractivity contribution in [2.75, 3.05) is 13.2 Å². The van der Waals surface area contributed by atoms with Crippen LogP contribution in [0.15, 0.2) is 30.3 Å². The Morgan fingerprint density at radius 1 is 1.16 bits per heavy atom. The molecule has 1 aromatic rings. The monoisotopic (exact) mass is 266 g/mol. The summed E-state index contributed by atoms with van der Waals surface area (Å²) in [7, 11) is 0. The molecule has 0 spiro atoms. The van der Waals surface area contributed by atoms with Crippen molar-refractivity contribution in [2.24, 2.45) is 0 Å². The Labute approximate surface area is 112 Å². The third kappa shape index (κ3) is 6.01. The van der Waals surface area contributed by atoms with Gasteiger partial charge in [-0.25, -0.2) is 9.59 Å². The molecule has 0 aliphatic carbocycles. The molecule has 0 aliphatic rings. The minimum absolute atomic E-state index is 0.260. The summed E-state index contributed by atoms with van der Waals surface area (Å²) in [6.07, 6.45) is -0.727. The second-order valence-electron chi connectivity index (χ2n) is 3.85. The minimum atomic E-state index is -0.727. The van der Waals surface area contributed by atoms with Crippen molar-refractivity contribution >= 4 is 11.9 Å². The highest BCUT2D eigenvalue weighted by atomic mass is 16.6. The second-order valence-corrected chi connectivity index (χ2v) is 3.85. The second kappa shape index (κ2) is 8.26. The van der Waals surface area contributed by atoms with Gasteiger partial charge in [0.05, 0.1) is 13.2 Å². The molecule has 0 fully saturated rings. The smallest absolute Gasteiger partial charge is 0.344 e. The number of hydrogen-bond donors (Lipinski definition) is 0. The summed E-state index contributed by atoms with van der Waals surface area (Å²) in [6.45, 7) is 3.46. The molecule has 0 N–H and O–H groups in total. The molecule has 0 amide bonds. The molecule has 0 heterocycles. The van der Waals surface area contributed by atoms with Gasteiger partial charge in [-0.2, -0.15) is 0 Å². The van der Waals surface area contributed by atoms with Crippen LogP contribution in [0.1, 0.15) is 19.4 Å². The number of esters is 2. The fourth-order valence-corrected chi connectivity index (χ4v) is 1.31. The lowest BCUT2D eigenvalue weighted by atomic mass is 10.2. The molecule has 0 aliphatic heterocycles. The Balaban J connectivity index is 2.27. The van der Waals surface area contributed by atoms with E-state index in [9.17, 15) is 9.59 Å². The maximum atomic E-state index is 11.5. The summed E-state index contributed by atoms with van der Waals surface area (Å²) >= 11 is 0. The van der Waals surface area contributed by atoms with Crippen molar-refractivity contribution in [3.8, 4) is 0 Å². The molecule has 0 saturated heterocycles. The molecular formula is C14H18O5. The number of carbonyl (C=O) groups is 2. The molecule has 1 rings (SSSR count). The van der Waals surface area contributed by atoms with E-state index in [1.807, 2.05) is 30.3 Å². The summed E-state index contributed by atoms with van der Waals surface area (Å²) < 4.78 is 14.8. The van der Waals surface area contributed by atoms with Gasteiger partial charge in [0, 0.05) is 0 Å². The Morgan fingerprint density at radius 2 is 1.84 bits per heavy atom. The van der Waals surface area contributed by atoms with E-state index >= 15 is 0 Å². The van der Waals surface area contributed by atoms with E-state index in [0.717, 1.165) is 5.56 Å². The summed E-state index contributed by atoms with van der Waals surface area (Å²) in [5.74, 6) is -1.14. The van der Waals surface area contributed by atoms with Crippen LogP contribution in [0, 0.1) is 0 Å². The first-order valence-electron chi connectivity index (χ1n) is 6.11. The van der Waals surface area contributed by atoms with Gasteiger partial charge in [0.1, 0.15) is 0 Å². The van der Waals surface area contributed by atoms with Crippen LogP contribution >= 0.6 is 0 Å². The number of benzene rings is 1. The van der Waals surface area contributed by atoms with E-state index in [-0.39, 0.29) is 13.2 Å². The lowest BCUT2D eigenvalue weighted by Gasteiger charge is -2.12. The highest BCUT2D eigenvalue weighted by molar-refractivity contribution is 5.78. The number of ether oxygens (including phenoxy) is 3. The predicted octanol–water partition coefficient (Wildman–Crippen LogP) is 1.70. The Hall–Kier alpha value is -1.88. The molecule has 0 radical (unpaired) electrons. The van der Waals surface area contributed by atoms with Gasteiger partial charge >= 0.3 is 11.9 Å². The fraction of sp³-hybridized carbons (Fsp3) is 0.429. The van der Waals surface area contributed by atoms with Crippen LogP contribution < -0.4 is 0 Å². The quantitative estimate of drug-likeness (QED) is 0.703. The zero-order valence-corrected chi connectivity index (χ0v) is 11.1. The van der Waals surface area contributed by atoms with E-state index in [1.165, 1.54) is 0 Å². The molecular weight excluding hydrogens is 248 g/mol. The largest absolute Gasteiger partial charge is 0.463 e. The van der Waals surface area contributed by atoms with Gasteiger partial charge < -0.3 is 14.2 Å². The summed E-state index contributed by atoms with van der Waals surface area (Å²) in [5, 5.41) is 0. The minimum Gasteiger partial charge on any atom is -0.463 e. The zero-order chi connectivity index (χ0) is 14.1. The Bertz CT molecular complexity index is 402. The highest BCUT2D eigenvalue weighted by Gasteiger charge is 2.16. The van der Waals surface area contributed by atoms with Crippen molar-refractivity contribution < 1.29 is 23.8 Å². The van der Waals surface area contributed by atoms with Crippen molar-refractivity contribution in [2.45, 2.75) is 26.6 Å². The standard InChI is InChI=1S/C14H18O5/c1-3-17-13(15)10-19-14(16)11(2)18-9-12-7-5-4-6-8-12/h4-8,11H,3,9-10H2,1-2H3. The lowest BCUT2D eigenvalue weighted by Crippen LogP contribution is -2.26. The van der Waals surface area contributed by atoms with Crippen LogP contribution in [0.2, 0.25) is 0 Å². The van der Waals surface area contributed by atoms with E-state index < -0.39 is 18.0 Å². The van der Waals surface area contributed by atoms with Crippen molar-refractivity contribution in [1.82, 2.24) is 0 Å². The SMILES string of the molecule is CCOC(=O)COC(=O)C(C)OCc1ccccc1. The summed E-state index contributed by atoms with van der Waals surface area (Å²) in [5.41, 5.74) is 0.965. The van der Waals surface area contributed by atoms with Crippen molar-refractivity contribution in [3.63, 3.8) is 0 Å². The average molecular weight is 266 g/mol. The molecule has 1 aromatic carbocycles. The van der Waals surface area contributed by atoms with Crippen LogP contribution in [0.5, 0.6) is 0 Å². The van der Waals surface area contributed by atoms with Crippen LogP contribution in [0.3, 0.4) is 0 Å². The summed E-state index contributed by atoms with van der Waals surface area (Å²) in [6, 6.07) is 9.48. The van der Waals surface area contributed by atoms with Crippen LogP contribution in [-0.2, 0) is 30.4 Å². The lowest BCUT2D eigenvalue weighted by molar-refractivity contribution is -0.166. The van der Waals surface area contributed by atoms with Gasteiger partial charge in [0.15, 0.2) is 12.7 Å². The third-order valence-electron chi connectivity index (χ3n) is 2.31. The Kier molecular flexibility index (Phi) is 6.60. The maximum absolute atomic E-state index is 11.5. The molecule has 1 unspecified atom stereocenters. The predicted molar refractivity (Wildman–Crippen MR) is 68.3 cm³/mol. The zero-order valence-electron chi connectivity index (χ0n) is 11.1. The van der Waals surface area contributed by atoms with Crippen molar-refractivity contribution in [3.05, 3.63) is 35.9 Å². The van der Waals surface area contributed by atoms with E-state index in [0.29, 0.717) is 6.61 Å². The van der Waals surface area contributed by atoms with Gasteiger partial charge in [0.25, 0.3) is 0 Å². The van der Waals surface area contributed by atoms with Crippen LogP contribution in [0.25, 0.3) is 0 Å². The third-order valence-corrected chi connectivity index (χ3v) is 2.31. The van der Waals surface area contributed by atoms with Gasteiger partial charge in [-0.05, 0) is 19.4 Å². The maximum Gasteiger partial charge on any atom is 0.344 e. The number of carbonyl (C=O) groups excluding carboxylic acids is 2. The average Bonchev–Trinajstić information content (AvgIpc) is 2.43. The van der Waals surface area contributed by atoms with Gasteiger partial charge in [0.2, 0.25) is 0 Å². The first-order valence-corrected chi connectivity index (χ1v) is 6.11. The molecule has 0 aromatic heterocycles. The van der Waals surface area contributed by atoms with Gasteiger partial charge in [-0.15, -0.1) is 0 Å². The van der Waals surface area contributed by atoms with E-state index in [4.69, 9.17) is 9.47 Å². The topological polar surface area (TPSA) is 61.8 Å². The van der Waals surface area contributed by atoms with E-state index in [2.05, 4.69) is 4.74 Å². The summed E-state index contributed by atoms with van der Waals surface area (Å²) in [4.78, 5) is 22.5. The molecule has 0 bridgehead atoms. The first-order chi connectivity index (χ1) is 9.13. The molecule has 1 atom stereocenters. The molecule has 0 saturated carbocycles. The molecule has 5 heteroatoms. The van der Waals surface area contributed by atoms with Gasteiger partial charge in [-0.1, -0.05) is 30.3 Å². The number of hydrogen-bond acceptors (Lipinski definition) is 5. The fourth-order valence-electron chi connectivity index (χ4n) is 1.31. The number of rotatable bonds is 7. The normalized spacial score (nSPS) is 11.7. The van der Waals surface area contributed by atoms with Gasteiger partial charge in [-0.3, -0.25) is 0 Å². The van der Waals surface area contributed by atoms with Crippen molar-refractivity contribution in [1.29, 1.82) is 0 Å². The molecule has 104 valence electrons. The van der Waals surface area contributed by atoms with Crippen LogP contribution in [-0.4, -0.2) is 31.3 Å².